The lowest BCUT2D eigenvalue weighted by Gasteiger charge is -2.11. The lowest BCUT2D eigenvalue weighted by molar-refractivity contribution is -0.119. The minimum atomic E-state index is -3.77. The van der Waals surface area contributed by atoms with Gasteiger partial charge in [-0.1, -0.05) is 25.1 Å². The number of sulfonamides is 1. The minimum Gasteiger partial charge on any atom is -0.452 e. The number of hydrogen-bond acceptors (Lipinski definition) is 7. The number of aryl methyl sites for hydroxylation is 1. The summed E-state index contributed by atoms with van der Waals surface area (Å²) in [6.45, 7) is 2.73. The molecule has 0 fully saturated rings. The first-order chi connectivity index (χ1) is 14.0. The molecular formula is C19H22N2O7S2. The number of hydrogen-bond donors (Lipinski definition) is 2. The fraction of sp³-hybridized carbons (Fsp3) is 0.263. The Kier molecular flexibility index (Phi) is 7.34. The highest BCUT2D eigenvalue weighted by Crippen LogP contribution is 2.21. The third-order valence-corrected chi connectivity index (χ3v) is 6.67. The minimum absolute atomic E-state index is 0.00156. The Balaban J connectivity index is 2.13. The molecular weight excluding hydrogens is 432 g/mol. The SMILES string of the molecule is CCNS(=O)(=O)c1ccc(C)c(C(=O)OCC(=O)Nc2ccccc2S(C)(=O)=O)c1. The third kappa shape index (κ3) is 5.88. The van der Waals surface area contributed by atoms with Gasteiger partial charge in [-0.2, -0.15) is 0 Å². The van der Waals surface area contributed by atoms with Crippen LogP contribution in [0.3, 0.4) is 0 Å². The summed E-state index contributed by atoms with van der Waals surface area (Å²) in [5.74, 6) is -1.62. The molecule has 0 aliphatic heterocycles. The number of rotatable bonds is 8. The van der Waals surface area contributed by atoms with Crippen molar-refractivity contribution in [2.75, 3.05) is 24.7 Å². The van der Waals surface area contributed by atoms with Gasteiger partial charge in [-0.3, -0.25) is 4.79 Å². The predicted octanol–water partition coefficient (Wildman–Crippen LogP) is 1.49. The van der Waals surface area contributed by atoms with Gasteiger partial charge in [0.05, 0.1) is 21.0 Å². The molecule has 0 spiro atoms. The summed E-state index contributed by atoms with van der Waals surface area (Å²) in [7, 11) is -7.34. The summed E-state index contributed by atoms with van der Waals surface area (Å²) in [6, 6.07) is 9.82. The predicted molar refractivity (Wildman–Crippen MR) is 111 cm³/mol. The van der Waals surface area contributed by atoms with Crippen molar-refractivity contribution in [1.82, 2.24) is 4.72 Å². The molecule has 2 rings (SSSR count). The van der Waals surface area contributed by atoms with Crippen molar-refractivity contribution in [2.24, 2.45) is 0 Å². The number of carbonyl (C=O) groups is 2. The molecule has 0 aliphatic rings. The van der Waals surface area contributed by atoms with Crippen molar-refractivity contribution in [3.8, 4) is 0 Å². The maximum Gasteiger partial charge on any atom is 0.338 e. The molecule has 9 nitrogen and oxygen atoms in total. The van der Waals surface area contributed by atoms with E-state index in [0.717, 1.165) is 6.26 Å². The fourth-order valence-corrected chi connectivity index (χ4v) is 4.46. The van der Waals surface area contributed by atoms with Crippen LogP contribution in [0.25, 0.3) is 0 Å². The van der Waals surface area contributed by atoms with Gasteiger partial charge in [0, 0.05) is 12.8 Å². The molecule has 2 N–H and O–H groups in total. The molecule has 0 saturated heterocycles. The fourth-order valence-electron chi connectivity index (χ4n) is 2.55. The molecule has 0 saturated carbocycles. The monoisotopic (exact) mass is 454 g/mol. The van der Waals surface area contributed by atoms with Crippen LogP contribution in [0.15, 0.2) is 52.3 Å². The quantitative estimate of drug-likeness (QED) is 0.577. The zero-order valence-corrected chi connectivity index (χ0v) is 18.3. The topological polar surface area (TPSA) is 136 Å². The van der Waals surface area contributed by atoms with Crippen LogP contribution in [-0.2, 0) is 29.4 Å². The van der Waals surface area contributed by atoms with Gasteiger partial charge < -0.3 is 10.1 Å². The van der Waals surface area contributed by atoms with Gasteiger partial charge >= 0.3 is 5.97 Å². The van der Waals surface area contributed by atoms with Gasteiger partial charge in [-0.05, 0) is 36.8 Å². The van der Waals surface area contributed by atoms with E-state index in [1.807, 2.05) is 0 Å². The van der Waals surface area contributed by atoms with E-state index in [-0.39, 0.29) is 27.6 Å². The summed E-state index contributed by atoms with van der Waals surface area (Å²) >= 11 is 0. The molecule has 0 unspecified atom stereocenters. The molecule has 0 atom stereocenters. The lowest BCUT2D eigenvalue weighted by Crippen LogP contribution is -2.24. The number of benzene rings is 2. The average Bonchev–Trinajstić information content (AvgIpc) is 2.66. The highest BCUT2D eigenvalue weighted by Gasteiger charge is 2.20. The second-order valence-corrected chi connectivity index (χ2v) is 10.1. The summed E-state index contributed by atoms with van der Waals surface area (Å²) in [6.07, 6.45) is 1.01. The lowest BCUT2D eigenvalue weighted by atomic mass is 10.1. The third-order valence-electron chi connectivity index (χ3n) is 3.97. The molecule has 0 aliphatic carbocycles. The van der Waals surface area contributed by atoms with Crippen LogP contribution in [0, 0.1) is 6.92 Å². The van der Waals surface area contributed by atoms with Crippen LogP contribution in [-0.4, -0.2) is 48.1 Å². The number of esters is 1. The van der Waals surface area contributed by atoms with Crippen molar-refractivity contribution in [3.05, 3.63) is 53.6 Å². The number of ether oxygens (including phenoxy) is 1. The number of carbonyl (C=O) groups excluding carboxylic acids is 2. The number of nitrogens with one attached hydrogen (secondary N) is 2. The molecule has 0 bridgehead atoms. The standard InChI is InChI=1S/C19H22N2O7S2/c1-4-20-30(26,27)14-10-9-13(2)15(11-14)19(23)28-12-18(22)21-16-7-5-6-8-17(16)29(3,24)25/h5-11,20H,4,12H2,1-3H3,(H,21,22). The number of sulfone groups is 1. The summed E-state index contributed by atoms with van der Waals surface area (Å²) in [5.41, 5.74) is 0.535. The van der Waals surface area contributed by atoms with E-state index < -0.39 is 38.3 Å². The largest absolute Gasteiger partial charge is 0.452 e. The van der Waals surface area contributed by atoms with Crippen LogP contribution < -0.4 is 10.0 Å². The van der Waals surface area contributed by atoms with E-state index in [4.69, 9.17) is 4.74 Å². The van der Waals surface area contributed by atoms with E-state index in [2.05, 4.69) is 10.0 Å². The Morgan fingerprint density at radius 3 is 2.33 bits per heavy atom. The maximum absolute atomic E-state index is 12.4. The summed E-state index contributed by atoms with van der Waals surface area (Å²) < 4.78 is 55.1. The van der Waals surface area contributed by atoms with E-state index in [1.54, 1.807) is 19.9 Å². The molecule has 2 aromatic carbocycles. The van der Waals surface area contributed by atoms with Gasteiger partial charge in [0.1, 0.15) is 0 Å². The first-order valence-electron chi connectivity index (χ1n) is 8.82. The van der Waals surface area contributed by atoms with Gasteiger partial charge in [0.2, 0.25) is 10.0 Å². The Bertz CT molecular complexity index is 1170. The molecule has 162 valence electrons. The van der Waals surface area contributed by atoms with Crippen molar-refractivity contribution in [1.29, 1.82) is 0 Å². The molecule has 1 amide bonds. The Hall–Kier alpha value is -2.76. The Morgan fingerprint density at radius 1 is 1.03 bits per heavy atom. The normalized spacial score (nSPS) is 11.7. The molecule has 0 heterocycles. The van der Waals surface area contributed by atoms with Crippen LogP contribution in [0.4, 0.5) is 5.69 Å². The van der Waals surface area contributed by atoms with Crippen LogP contribution in [0.2, 0.25) is 0 Å². The highest BCUT2D eigenvalue weighted by molar-refractivity contribution is 7.91. The first-order valence-corrected chi connectivity index (χ1v) is 12.2. The van der Waals surface area contributed by atoms with E-state index in [1.165, 1.54) is 36.4 Å². The van der Waals surface area contributed by atoms with Gasteiger partial charge in [0.15, 0.2) is 16.4 Å². The molecule has 2 aromatic rings. The van der Waals surface area contributed by atoms with E-state index in [0.29, 0.717) is 5.56 Å². The zero-order valence-electron chi connectivity index (χ0n) is 16.6. The van der Waals surface area contributed by atoms with Crippen molar-refractivity contribution in [2.45, 2.75) is 23.6 Å². The van der Waals surface area contributed by atoms with Crippen LogP contribution >= 0.6 is 0 Å². The van der Waals surface area contributed by atoms with Crippen LogP contribution in [0.5, 0.6) is 0 Å². The maximum atomic E-state index is 12.4. The smallest absolute Gasteiger partial charge is 0.338 e. The number of amides is 1. The molecule has 11 heteroatoms. The second-order valence-electron chi connectivity index (χ2n) is 6.37. The summed E-state index contributed by atoms with van der Waals surface area (Å²) in [5, 5.41) is 2.39. The van der Waals surface area contributed by atoms with Crippen molar-refractivity contribution < 1.29 is 31.2 Å². The van der Waals surface area contributed by atoms with E-state index in [9.17, 15) is 26.4 Å². The van der Waals surface area contributed by atoms with Crippen LogP contribution in [0.1, 0.15) is 22.8 Å². The number of para-hydroxylation sites is 1. The Morgan fingerprint density at radius 2 is 1.70 bits per heavy atom. The van der Waals surface area contributed by atoms with Gasteiger partial charge in [-0.15, -0.1) is 0 Å². The van der Waals surface area contributed by atoms with E-state index >= 15 is 0 Å². The molecule has 0 radical (unpaired) electrons. The number of anilines is 1. The Labute approximate surface area is 175 Å². The van der Waals surface area contributed by atoms with Gasteiger partial charge in [-0.25, -0.2) is 26.4 Å². The summed E-state index contributed by atoms with van der Waals surface area (Å²) in [4.78, 5) is 24.3. The molecule has 0 aromatic heterocycles. The second kappa shape index (κ2) is 9.37. The zero-order chi connectivity index (χ0) is 22.5. The molecule has 30 heavy (non-hydrogen) atoms. The van der Waals surface area contributed by atoms with Crippen molar-refractivity contribution in [3.63, 3.8) is 0 Å². The first kappa shape index (κ1) is 23.5. The van der Waals surface area contributed by atoms with Gasteiger partial charge in [0.25, 0.3) is 5.91 Å². The van der Waals surface area contributed by atoms with Crippen molar-refractivity contribution >= 4 is 37.4 Å². The highest BCUT2D eigenvalue weighted by atomic mass is 32.2. The average molecular weight is 455 g/mol.